The molecule has 2 fully saturated rings. The lowest BCUT2D eigenvalue weighted by atomic mass is 10.1. The number of halogens is 2. The number of amides is 1. The second-order valence-corrected chi connectivity index (χ2v) is 7.34. The van der Waals surface area contributed by atoms with E-state index in [0.29, 0.717) is 12.1 Å². The van der Waals surface area contributed by atoms with Gasteiger partial charge in [0.25, 0.3) is 5.91 Å². The normalized spacial score (nSPS) is 23.7. The molecule has 2 saturated heterocycles. The first kappa shape index (κ1) is 16.7. The third kappa shape index (κ3) is 2.75. The Hall–Kier alpha value is -1.17. The molecule has 1 aromatic carbocycles. The number of benzene rings is 1. The van der Waals surface area contributed by atoms with Crippen LogP contribution in [0.2, 0.25) is 0 Å². The van der Waals surface area contributed by atoms with Crippen LogP contribution < -0.4 is 5.32 Å². The Morgan fingerprint density at radius 1 is 1.30 bits per heavy atom. The minimum Gasteiger partial charge on any atom is -0.331 e. The molecule has 2 unspecified atom stereocenters. The maximum Gasteiger partial charge on any atom is 0.264 e. The van der Waals surface area contributed by atoms with Gasteiger partial charge in [0.05, 0.1) is 4.88 Å². The standard InChI is InChI=1S/C17H19FN2OS.ClH/c1-10-14-8-11(18)2-5-15(14)22-16(10)17(21)20-12-3-4-13(20)9-19-7-6-12;/h2,5,8,12-13,19H,3-4,6-7,9H2,1H3;1H. The molecule has 2 aliphatic rings. The van der Waals surface area contributed by atoms with E-state index in [1.807, 2.05) is 6.92 Å². The van der Waals surface area contributed by atoms with Gasteiger partial charge in [-0.3, -0.25) is 4.79 Å². The summed E-state index contributed by atoms with van der Waals surface area (Å²) in [5, 5.41) is 4.29. The topological polar surface area (TPSA) is 32.3 Å². The van der Waals surface area contributed by atoms with Crippen molar-refractivity contribution in [1.82, 2.24) is 10.2 Å². The van der Waals surface area contributed by atoms with Gasteiger partial charge in [0.2, 0.25) is 0 Å². The van der Waals surface area contributed by atoms with Crippen LogP contribution in [-0.4, -0.2) is 36.0 Å². The highest BCUT2D eigenvalue weighted by atomic mass is 35.5. The Balaban J connectivity index is 0.00000156. The summed E-state index contributed by atoms with van der Waals surface area (Å²) in [7, 11) is 0. The van der Waals surface area contributed by atoms with Crippen molar-refractivity contribution < 1.29 is 9.18 Å². The van der Waals surface area contributed by atoms with Crippen molar-refractivity contribution in [3.8, 4) is 0 Å². The van der Waals surface area contributed by atoms with E-state index in [2.05, 4.69) is 10.2 Å². The number of carbonyl (C=O) groups excluding carboxylic acids is 1. The van der Waals surface area contributed by atoms with Gasteiger partial charge in [-0.25, -0.2) is 4.39 Å². The predicted octanol–water partition coefficient (Wildman–Crippen LogP) is 3.74. The molecule has 1 N–H and O–H groups in total. The summed E-state index contributed by atoms with van der Waals surface area (Å²) in [5.41, 5.74) is 0.918. The van der Waals surface area contributed by atoms with Crippen LogP contribution >= 0.6 is 23.7 Å². The lowest BCUT2D eigenvalue weighted by Gasteiger charge is -2.27. The molecular formula is C17H20ClFN2OS. The molecular weight excluding hydrogens is 335 g/mol. The van der Waals surface area contributed by atoms with Gasteiger partial charge in [-0.15, -0.1) is 23.7 Å². The van der Waals surface area contributed by atoms with E-state index < -0.39 is 0 Å². The molecule has 6 heteroatoms. The van der Waals surface area contributed by atoms with Crippen molar-refractivity contribution >= 4 is 39.7 Å². The zero-order chi connectivity index (χ0) is 15.3. The van der Waals surface area contributed by atoms with E-state index in [4.69, 9.17) is 0 Å². The lowest BCUT2D eigenvalue weighted by molar-refractivity contribution is 0.0685. The highest BCUT2D eigenvalue weighted by Crippen LogP contribution is 2.36. The van der Waals surface area contributed by atoms with Crippen LogP contribution in [0.1, 0.15) is 34.5 Å². The SMILES string of the molecule is Cc1c(C(=O)N2C3CCNCC2CC3)sc2ccc(F)cc12.Cl. The van der Waals surface area contributed by atoms with Crippen LogP contribution in [-0.2, 0) is 0 Å². The number of aryl methyl sites for hydroxylation is 1. The van der Waals surface area contributed by atoms with Crippen molar-refractivity contribution in [2.24, 2.45) is 0 Å². The van der Waals surface area contributed by atoms with E-state index in [1.165, 1.54) is 23.5 Å². The summed E-state index contributed by atoms with van der Waals surface area (Å²) in [6, 6.07) is 5.44. The summed E-state index contributed by atoms with van der Waals surface area (Å²) < 4.78 is 14.5. The first-order valence-corrected chi connectivity index (χ1v) is 8.69. The van der Waals surface area contributed by atoms with Gasteiger partial charge in [0.1, 0.15) is 5.82 Å². The maximum absolute atomic E-state index is 13.5. The Morgan fingerprint density at radius 3 is 2.91 bits per heavy atom. The fraction of sp³-hybridized carbons (Fsp3) is 0.471. The fourth-order valence-electron chi connectivity index (χ4n) is 3.83. The summed E-state index contributed by atoms with van der Waals surface area (Å²) >= 11 is 1.49. The number of thiophene rings is 1. The number of nitrogens with one attached hydrogen (secondary N) is 1. The third-order valence-electron chi connectivity index (χ3n) is 4.98. The minimum atomic E-state index is -0.244. The van der Waals surface area contributed by atoms with Crippen LogP contribution in [0.4, 0.5) is 4.39 Å². The third-order valence-corrected chi connectivity index (χ3v) is 6.24. The van der Waals surface area contributed by atoms with E-state index in [1.54, 1.807) is 6.07 Å². The second-order valence-electron chi connectivity index (χ2n) is 6.29. The molecule has 23 heavy (non-hydrogen) atoms. The number of rotatable bonds is 1. The van der Waals surface area contributed by atoms with Crippen LogP contribution in [0.25, 0.3) is 10.1 Å². The van der Waals surface area contributed by atoms with Crippen LogP contribution in [0.3, 0.4) is 0 Å². The molecule has 0 saturated carbocycles. The molecule has 1 aromatic heterocycles. The number of carbonyl (C=O) groups is 1. The van der Waals surface area contributed by atoms with Crippen LogP contribution in [0, 0.1) is 12.7 Å². The van der Waals surface area contributed by atoms with Crippen LogP contribution in [0.15, 0.2) is 18.2 Å². The molecule has 3 heterocycles. The summed E-state index contributed by atoms with van der Waals surface area (Å²) in [5.74, 6) is -0.109. The van der Waals surface area contributed by atoms with Gasteiger partial charge in [0, 0.05) is 23.3 Å². The Labute approximate surface area is 145 Å². The van der Waals surface area contributed by atoms with E-state index in [-0.39, 0.29) is 24.1 Å². The molecule has 0 radical (unpaired) electrons. The van der Waals surface area contributed by atoms with Gasteiger partial charge in [-0.1, -0.05) is 0 Å². The number of hydrogen-bond acceptors (Lipinski definition) is 3. The second kappa shape index (κ2) is 6.38. The highest BCUT2D eigenvalue weighted by molar-refractivity contribution is 7.21. The van der Waals surface area contributed by atoms with Gasteiger partial charge in [-0.05, 0) is 61.9 Å². The van der Waals surface area contributed by atoms with Crippen molar-refractivity contribution in [1.29, 1.82) is 0 Å². The number of nitrogens with zero attached hydrogens (tertiary/aromatic N) is 1. The predicted molar refractivity (Wildman–Crippen MR) is 94.2 cm³/mol. The van der Waals surface area contributed by atoms with Crippen molar-refractivity contribution in [3.63, 3.8) is 0 Å². The molecule has 2 atom stereocenters. The molecule has 124 valence electrons. The van der Waals surface area contributed by atoms with Gasteiger partial charge in [-0.2, -0.15) is 0 Å². The van der Waals surface area contributed by atoms with Crippen molar-refractivity contribution in [3.05, 3.63) is 34.5 Å². The zero-order valence-corrected chi connectivity index (χ0v) is 14.6. The van der Waals surface area contributed by atoms with Crippen LogP contribution in [0.5, 0.6) is 0 Å². The summed E-state index contributed by atoms with van der Waals surface area (Å²) in [4.78, 5) is 16.0. The molecule has 2 bridgehead atoms. The summed E-state index contributed by atoms with van der Waals surface area (Å²) in [6.07, 6.45) is 3.22. The fourth-order valence-corrected chi connectivity index (χ4v) is 4.96. The molecule has 3 nitrogen and oxygen atoms in total. The molecule has 0 spiro atoms. The molecule has 2 aliphatic heterocycles. The first-order chi connectivity index (χ1) is 10.6. The first-order valence-electron chi connectivity index (χ1n) is 7.87. The molecule has 0 aliphatic carbocycles. The van der Waals surface area contributed by atoms with Gasteiger partial charge < -0.3 is 10.2 Å². The minimum absolute atomic E-state index is 0. The lowest BCUT2D eigenvalue weighted by Crippen LogP contribution is -2.42. The zero-order valence-electron chi connectivity index (χ0n) is 13.0. The van der Waals surface area contributed by atoms with E-state index >= 15 is 0 Å². The van der Waals surface area contributed by atoms with E-state index in [0.717, 1.165) is 52.9 Å². The summed E-state index contributed by atoms with van der Waals surface area (Å²) in [6.45, 7) is 3.81. The monoisotopic (exact) mass is 354 g/mol. The average Bonchev–Trinajstić information content (AvgIpc) is 2.95. The highest BCUT2D eigenvalue weighted by Gasteiger charge is 2.39. The van der Waals surface area contributed by atoms with Gasteiger partial charge >= 0.3 is 0 Å². The Bertz CT molecular complexity index is 734. The van der Waals surface area contributed by atoms with E-state index in [9.17, 15) is 9.18 Å². The molecule has 1 amide bonds. The quantitative estimate of drug-likeness (QED) is 0.846. The Morgan fingerprint density at radius 2 is 2.09 bits per heavy atom. The largest absolute Gasteiger partial charge is 0.331 e. The smallest absolute Gasteiger partial charge is 0.264 e. The average molecular weight is 355 g/mol. The van der Waals surface area contributed by atoms with Crippen molar-refractivity contribution in [2.45, 2.75) is 38.3 Å². The number of fused-ring (bicyclic) bond motifs is 3. The maximum atomic E-state index is 13.5. The Kier molecular flexibility index (Phi) is 4.63. The van der Waals surface area contributed by atoms with Gasteiger partial charge in [0.15, 0.2) is 0 Å². The van der Waals surface area contributed by atoms with Crippen molar-refractivity contribution in [2.75, 3.05) is 13.1 Å². The molecule has 2 aromatic rings. The number of hydrogen-bond donors (Lipinski definition) is 1. The molecule has 4 rings (SSSR count).